The molecule has 0 unspecified atom stereocenters. The molecular weight excluding hydrogens is 340 g/mol. The van der Waals surface area contributed by atoms with Crippen molar-refractivity contribution in [3.8, 4) is 17.2 Å². The first-order valence-corrected chi connectivity index (χ1v) is 8.86. The van der Waals surface area contributed by atoms with Gasteiger partial charge >= 0.3 is 5.97 Å². The van der Waals surface area contributed by atoms with Crippen molar-refractivity contribution in [2.45, 2.75) is 26.4 Å². The molecule has 4 nitrogen and oxygen atoms in total. The van der Waals surface area contributed by atoms with Gasteiger partial charge < -0.3 is 14.6 Å². The van der Waals surface area contributed by atoms with Gasteiger partial charge in [0, 0.05) is 6.42 Å². The minimum Gasteiger partial charge on any atom is -0.489 e. The zero-order chi connectivity index (χ0) is 19.1. The van der Waals surface area contributed by atoms with Gasteiger partial charge in [0.05, 0.1) is 0 Å². The van der Waals surface area contributed by atoms with Crippen LogP contribution in [0.2, 0.25) is 0 Å². The van der Waals surface area contributed by atoms with Crippen LogP contribution in [0.25, 0.3) is 0 Å². The molecule has 0 aliphatic carbocycles. The lowest BCUT2D eigenvalue weighted by Gasteiger charge is -2.12. The van der Waals surface area contributed by atoms with Gasteiger partial charge in [-0.15, -0.1) is 0 Å². The van der Waals surface area contributed by atoms with Gasteiger partial charge in [-0.05, 0) is 60.4 Å². The predicted octanol–water partition coefficient (Wildman–Crippen LogP) is 5.38. The molecule has 0 aliphatic heterocycles. The van der Waals surface area contributed by atoms with Gasteiger partial charge in [-0.1, -0.05) is 42.5 Å². The third-order valence-corrected chi connectivity index (χ3v) is 4.14. The van der Waals surface area contributed by atoms with Gasteiger partial charge in [-0.2, -0.15) is 0 Å². The van der Waals surface area contributed by atoms with Gasteiger partial charge in [0.2, 0.25) is 0 Å². The van der Waals surface area contributed by atoms with E-state index in [1.54, 1.807) is 0 Å². The molecule has 0 spiro atoms. The first-order valence-electron chi connectivity index (χ1n) is 8.86. The molecule has 0 atom stereocenters. The van der Waals surface area contributed by atoms with Crippen molar-refractivity contribution < 1.29 is 19.4 Å². The molecule has 4 heteroatoms. The Labute approximate surface area is 159 Å². The van der Waals surface area contributed by atoms with E-state index in [0.29, 0.717) is 13.0 Å². The predicted molar refractivity (Wildman–Crippen MR) is 104 cm³/mol. The Hall–Kier alpha value is -3.27. The normalized spacial score (nSPS) is 10.4. The molecule has 0 radical (unpaired) electrons. The van der Waals surface area contributed by atoms with Crippen molar-refractivity contribution in [2.75, 3.05) is 0 Å². The second-order valence-electron chi connectivity index (χ2n) is 6.34. The van der Waals surface area contributed by atoms with Crippen LogP contribution in [0, 0.1) is 6.92 Å². The highest BCUT2D eigenvalue weighted by Gasteiger charge is 2.05. The molecule has 0 saturated carbocycles. The molecule has 138 valence electrons. The first kappa shape index (κ1) is 18.5. The Balaban J connectivity index is 1.61. The average molecular weight is 362 g/mol. The van der Waals surface area contributed by atoms with Crippen LogP contribution >= 0.6 is 0 Å². The van der Waals surface area contributed by atoms with Gasteiger partial charge in [0.25, 0.3) is 0 Å². The maximum atomic E-state index is 10.7. The number of carboxylic acids is 1. The lowest BCUT2D eigenvalue weighted by atomic mass is 10.1. The van der Waals surface area contributed by atoms with Crippen LogP contribution in [0.3, 0.4) is 0 Å². The van der Waals surface area contributed by atoms with Crippen molar-refractivity contribution in [2.24, 2.45) is 0 Å². The highest BCUT2D eigenvalue weighted by Crippen LogP contribution is 2.24. The van der Waals surface area contributed by atoms with E-state index >= 15 is 0 Å². The Bertz CT molecular complexity index is 903. The molecule has 0 bridgehead atoms. The van der Waals surface area contributed by atoms with E-state index in [-0.39, 0.29) is 6.42 Å². The SMILES string of the molecule is Cc1cc(CCC(=O)O)ccc1OCc1cccc(Oc2ccccc2)c1. The fraction of sp³-hybridized carbons (Fsp3) is 0.174. The van der Waals surface area contributed by atoms with E-state index < -0.39 is 5.97 Å². The largest absolute Gasteiger partial charge is 0.489 e. The van der Waals surface area contributed by atoms with Crippen molar-refractivity contribution >= 4 is 5.97 Å². The number of hydrogen-bond donors (Lipinski definition) is 1. The summed E-state index contributed by atoms with van der Waals surface area (Å²) in [6.45, 7) is 2.40. The van der Waals surface area contributed by atoms with Crippen LogP contribution in [-0.4, -0.2) is 11.1 Å². The summed E-state index contributed by atoms with van der Waals surface area (Å²) in [6, 6.07) is 23.3. The first-order chi connectivity index (χ1) is 13.1. The third-order valence-electron chi connectivity index (χ3n) is 4.14. The number of carboxylic acid groups (broad SMARTS) is 1. The molecule has 0 amide bonds. The number of hydrogen-bond acceptors (Lipinski definition) is 3. The maximum Gasteiger partial charge on any atom is 0.303 e. The number of aryl methyl sites for hydroxylation is 2. The third kappa shape index (κ3) is 5.61. The van der Waals surface area contributed by atoms with Gasteiger partial charge in [0.15, 0.2) is 0 Å². The number of para-hydroxylation sites is 1. The minimum atomic E-state index is -0.786. The van der Waals surface area contributed by atoms with Gasteiger partial charge in [-0.3, -0.25) is 4.79 Å². The van der Waals surface area contributed by atoms with E-state index in [2.05, 4.69) is 0 Å². The lowest BCUT2D eigenvalue weighted by molar-refractivity contribution is -0.136. The molecule has 0 fully saturated rings. The average Bonchev–Trinajstić information content (AvgIpc) is 2.67. The van der Waals surface area contributed by atoms with E-state index in [9.17, 15) is 4.79 Å². The Morgan fingerprint density at radius 3 is 2.41 bits per heavy atom. The summed E-state index contributed by atoms with van der Waals surface area (Å²) in [5.41, 5.74) is 3.01. The molecule has 0 heterocycles. The van der Waals surface area contributed by atoms with Crippen LogP contribution in [0.4, 0.5) is 0 Å². The Kier molecular flexibility index (Phi) is 6.10. The van der Waals surface area contributed by atoms with E-state index in [1.807, 2.05) is 79.7 Å². The summed E-state index contributed by atoms with van der Waals surface area (Å²) < 4.78 is 11.8. The number of carbonyl (C=O) groups is 1. The van der Waals surface area contributed by atoms with E-state index in [0.717, 1.165) is 33.9 Å². The monoisotopic (exact) mass is 362 g/mol. The van der Waals surface area contributed by atoms with Gasteiger partial charge in [0.1, 0.15) is 23.9 Å². The summed E-state index contributed by atoms with van der Waals surface area (Å²) in [4.78, 5) is 10.7. The Morgan fingerprint density at radius 2 is 1.67 bits per heavy atom. The number of rotatable bonds is 8. The molecule has 3 rings (SSSR count). The van der Waals surface area contributed by atoms with E-state index in [4.69, 9.17) is 14.6 Å². The fourth-order valence-electron chi connectivity index (χ4n) is 2.76. The van der Waals surface area contributed by atoms with Gasteiger partial charge in [-0.25, -0.2) is 0 Å². The standard InChI is InChI=1S/C23H22O4/c1-17-14-18(11-13-23(24)25)10-12-22(17)26-16-19-6-5-9-21(15-19)27-20-7-3-2-4-8-20/h2-10,12,14-15H,11,13,16H2,1H3,(H,24,25). The molecule has 3 aromatic carbocycles. The lowest BCUT2D eigenvalue weighted by Crippen LogP contribution is -2.00. The topological polar surface area (TPSA) is 55.8 Å². The maximum absolute atomic E-state index is 10.7. The van der Waals surface area contributed by atoms with Crippen LogP contribution in [-0.2, 0) is 17.8 Å². The molecule has 0 saturated heterocycles. The summed E-state index contributed by atoms with van der Waals surface area (Å²) in [6.07, 6.45) is 0.656. The van der Waals surface area contributed by atoms with Crippen molar-refractivity contribution in [1.29, 1.82) is 0 Å². The smallest absolute Gasteiger partial charge is 0.303 e. The van der Waals surface area contributed by atoms with Crippen LogP contribution in [0.5, 0.6) is 17.2 Å². The van der Waals surface area contributed by atoms with Crippen molar-refractivity contribution in [3.63, 3.8) is 0 Å². The number of benzene rings is 3. The highest BCUT2D eigenvalue weighted by atomic mass is 16.5. The van der Waals surface area contributed by atoms with Crippen LogP contribution < -0.4 is 9.47 Å². The molecule has 0 aromatic heterocycles. The highest BCUT2D eigenvalue weighted by molar-refractivity contribution is 5.67. The van der Waals surface area contributed by atoms with E-state index in [1.165, 1.54) is 0 Å². The minimum absolute atomic E-state index is 0.133. The van der Waals surface area contributed by atoms with Crippen molar-refractivity contribution in [1.82, 2.24) is 0 Å². The molecule has 1 N–H and O–H groups in total. The van der Waals surface area contributed by atoms with Crippen molar-refractivity contribution in [3.05, 3.63) is 89.5 Å². The second kappa shape index (κ2) is 8.90. The zero-order valence-corrected chi connectivity index (χ0v) is 15.2. The molecular formula is C23H22O4. The summed E-state index contributed by atoms with van der Waals surface area (Å²) >= 11 is 0. The van der Waals surface area contributed by atoms with Crippen LogP contribution in [0.15, 0.2) is 72.8 Å². The summed E-state index contributed by atoms with van der Waals surface area (Å²) in [7, 11) is 0. The summed E-state index contributed by atoms with van der Waals surface area (Å²) in [5, 5.41) is 8.79. The number of aliphatic carboxylic acids is 1. The molecule has 0 aliphatic rings. The molecule has 3 aromatic rings. The van der Waals surface area contributed by atoms with Crippen LogP contribution in [0.1, 0.15) is 23.1 Å². The second-order valence-corrected chi connectivity index (χ2v) is 6.34. The number of ether oxygens (including phenoxy) is 2. The fourth-order valence-corrected chi connectivity index (χ4v) is 2.76. The summed E-state index contributed by atoms with van der Waals surface area (Å²) in [5.74, 6) is 1.57. The molecule has 27 heavy (non-hydrogen) atoms. The Morgan fingerprint density at radius 1 is 0.889 bits per heavy atom. The quantitative estimate of drug-likeness (QED) is 0.584. The zero-order valence-electron chi connectivity index (χ0n) is 15.2.